The number of methoxy groups -OCH3 is 2. The Bertz CT molecular complexity index is 808. The van der Waals surface area contributed by atoms with E-state index in [2.05, 4.69) is 21.1 Å². The van der Waals surface area contributed by atoms with Gasteiger partial charge in [-0.25, -0.2) is 4.98 Å². The number of anilines is 1. The molecule has 2 aromatic rings. The quantitative estimate of drug-likeness (QED) is 0.427. The first-order chi connectivity index (χ1) is 13.6. The Morgan fingerprint density at radius 1 is 1.11 bits per heavy atom. The van der Waals surface area contributed by atoms with Gasteiger partial charge in [-0.2, -0.15) is 5.10 Å². The molecule has 0 spiro atoms. The predicted octanol–water partition coefficient (Wildman–Crippen LogP) is 1.60. The fourth-order valence-corrected chi connectivity index (χ4v) is 3.00. The highest BCUT2D eigenvalue weighted by Gasteiger charge is 2.22. The van der Waals surface area contributed by atoms with Crippen molar-refractivity contribution >= 4 is 18.0 Å². The van der Waals surface area contributed by atoms with E-state index in [9.17, 15) is 4.79 Å². The SMILES string of the molecule is COc1cc(/C=N/N2CCN(c3cccc[nH+]3)CC2)cc(OC)c1OC(C)=O. The van der Waals surface area contributed by atoms with Crippen LogP contribution in [-0.4, -0.2) is 57.6 Å². The fraction of sp³-hybridized carbons (Fsp3) is 0.350. The molecule has 0 bridgehead atoms. The van der Waals surface area contributed by atoms with E-state index in [0.29, 0.717) is 11.5 Å². The Balaban J connectivity index is 1.68. The van der Waals surface area contributed by atoms with Crippen LogP contribution in [0.25, 0.3) is 0 Å². The van der Waals surface area contributed by atoms with Gasteiger partial charge in [0.05, 0.1) is 39.7 Å². The van der Waals surface area contributed by atoms with E-state index >= 15 is 0 Å². The van der Waals surface area contributed by atoms with Gasteiger partial charge < -0.3 is 14.2 Å². The van der Waals surface area contributed by atoms with Crippen molar-refractivity contribution in [1.82, 2.24) is 5.01 Å². The van der Waals surface area contributed by atoms with Crippen molar-refractivity contribution in [2.24, 2.45) is 5.10 Å². The van der Waals surface area contributed by atoms with Gasteiger partial charge in [-0.15, -0.1) is 0 Å². The third-order valence-electron chi connectivity index (χ3n) is 4.39. The van der Waals surface area contributed by atoms with Crippen molar-refractivity contribution in [1.29, 1.82) is 0 Å². The first-order valence-corrected chi connectivity index (χ1v) is 9.05. The lowest BCUT2D eigenvalue weighted by molar-refractivity contribution is -0.364. The topological polar surface area (TPSA) is 77.7 Å². The molecular formula is C20H25N4O4+. The number of carbonyl (C=O) groups is 1. The summed E-state index contributed by atoms with van der Waals surface area (Å²) in [7, 11) is 3.03. The van der Waals surface area contributed by atoms with Gasteiger partial charge >= 0.3 is 5.97 Å². The molecular weight excluding hydrogens is 360 g/mol. The lowest BCUT2D eigenvalue weighted by Gasteiger charge is -2.28. The Hall–Kier alpha value is -3.29. The predicted molar refractivity (Wildman–Crippen MR) is 105 cm³/mol. The average molecular weight is 385 g/mol. The molecule has 0 aliphatic carbocycles. The van der Waals surface area contributed by atoms with Gasteiger partial charge in [0.2, 0.25) is 5.75 Å². The summed E-state index contributed by atoms with van der Waals surface area (Å²) in [6.45, 7) is 4.74. The van der Waals surface area contributed by atoms with Crippen molar-refractivity contribution in [3.05, 3.63) is 42.1 Å². The molecule has 0 atom stereocenters. The summed E-state index contributed by atoms with van der Waals surface area (Å²) in [5.41, 5.74) is 0.795. The number of aromatic amines is 1. The number of carbonyl (C=O) groups excluding carboxylic acids is 1. The van der Waals surface area contributed by atoms with Gasteiger partial charge in [-0.1, -0.05) is 6.07 Å². The van der Waals surface area contributed by atoms with Crippen LogP contribution in [0.4, 0.5) is 5.82 Å². The van der Waals surface area contributed by atoms with Crippen molar-refractivity contribution in [2.45, 2.75) is 6.92 Å². The standard InChI is InChI=1S/C20H24N4O4/c1-15(25)28-20-17(26-2)12-16(13-18(20)27-3)14-22-24-10-8-23(9-11-24)19-6-4-5-7-21-19/h4-7,12-14H,8-11H2,1-3H3/p+1/b22-14+. The summed E-state index contributed by atoms with van der Waals surface area (Å²) in [4.78, 5) is 16.9. The molecule has 2 heterocycles. The van der Waals surface area contributed by atoms with Crippen LogP contribution in [0.5, 0.6) is 17.2 Å². The molecule has 3 rings (SSSR count). The Labute approximate surface area is 164 Å². The van der Waals surface area contributed by atoms with E-state index in [0.717, 1.165) is 37.6 Å². The second kappa shape index (κ2) is 9.07. The summed E-state index contributed by atoms with van der Waals surface area (Å²) in [5.74, 6) is 1.77. The smallest absolute Gasteiger partial charge is 0.308 e. The van der Waals surface area contributed by atoms with Crippen LogP contribution < -0.4 is 24.1 Å². The van der Waals surface area contributed by atoms with Gasteiger partial charge in [-0.3, -0.25) is 14.7 Å². The first-order valence-electron chi connectivity index (χ1n) is 9.05. The molecule has 8 nitrogen and oxygen atoms in total. The number of hydrogen-bond acceptors (Lipinski definition) is 7. The van der Waals surface area contributed by atoms with E-state index in [1.807, 2.05) is 23.3 Å². The van der Waals surface area contributed by atoms with Crippen LogP contribution in [0, 0.1) is 0 Å². The molecule has 1 aromatic heterocycles. The Kier molecular flexibility index (Phi) is 6.31. The van der Waals surface area contributed by atoms with Crippen LogP contribution in [0.3, 0.4) is 0 Å². The number of hydrazone groups is 1. The van der Waals surface area contributed by atoms with Gasteiger partial charge in [0.25, 0.3) is 5.82 Å². The fourth-order valence-electron chi connectivity index (χ4n) is 3.00. The summed E-state index contributed by atoms with van der Waals surface area (Å²) < 4.78 is 15.9. The van der Waals surface area contributed by atoms with Crippen molar-refractivity contribution < 1.29 is 24.0 Å². The summed E-state index contributed by atoms with van der Waals surface area (Å²) in [6, 6.07) is 9.59. The van der Waals surface area contributed by atoms with Gasteiger partial charge in [-0.05, 0) is 18.2 Å². The number of H-pyrrole nitrogens is 1. The number of esters is 1. The second-order valence-electron chi connectivity index (χ2n) is 6.28. The van der Waals surface area contributed by atoms with E-state index in [-0.39, 0.29) is 5.75 Å². The monoisotopic (exact) mass is 385 g/mol. The van der Waals surface area contributed by atoms with E-state index in [1.165, 1.54) is 21.1 Å². The number of rotatable bonds is 6. The largest absolute Gasteiger partial charge is 0.493 e. The zero-order valence-electron chi connectivity index (χ0n) is 16.3. The lowest BCUT2D eigenvalue weighted by atomic mass is 10.2. The highest BCUT2D eigenvalue weighted by molar-refractivity contribution is 5.83. The summed E-state index contributed by atoms with van der Waals surface area (Å²) >= 11 is 0. The van der Waals surface area contributed by atoms with Gasteiger partial charge in [0, 0.05) is 18.6 Å². The van der Waals surface area contributed by atoms with Gasteiger partial charge in [0.1, 0.15) is 13.1 Å². The molecule has 0 amide bonds. The van der Waals surface area contributed by atoms with Crippen LogP contribution in [0.15, 0.2) is 41.6 Å². The van der Waals surface area contributed by atoms with Crippen LogP contribution in [0.2, 0.25) is 0 Å². The van der Waals surface area contributed by atoms with E-state index < -0.39 is 5.97 Å². The maximum atomic E-state index is 11.3. The number of nitrogens with zero attached hydrogens (tertiary/aromatic N) is 3. The van der Waals surface area contributed by atoms with Crippen molar-refractivity contribution in [3.63, 3.8) is 0 Å². The van der Waals surface area contributed by atoms with Crippen molar-refractivity contribution in [3.8, 4) is 17.2 Å². The van der Waals surface area contributed by atoms with Crippen LogP contribution in [-0.2, 0) is 4.79 Å². The average Bonchev–Trinajstić information content (AvgIpc) is 2.73. The molecule has 28 heavy (non-hydrogen) atoms. The van der Waals surface area contributed by atoms with E-state index in [1.54, 1.807) is 18.3 Å². The minimum Gasteiger partial charge on any atom is -0.493 e. The molecule has 1 fully saturated rings. The molecule has 0 radical (unpaired) electrons. The first kappa shape index (κ1) is 19.5. The molecule has 148 valence electrons. The normalized spacial score (nSPS) is 14.2. The van der Waals surface area contributed by atoms with Crippen molar-refractivity contribution in [2.75, 3.05) is 45.3 Å². The number of benzene rings is 1. The second-order valence-corrected chi connectivity index (χ2v) is 6.28. The maximum absolute atomic E-state index is 11.3. The molecule has 0 unspecified atom stereocenters. The minimum absolute atomic E-state index is 0.266. The molecule has 1 aliphatic rings. The number of piperazine rings is 1. The third kappa shape index (κ3) is 4.70. The Morgan fingerprint density at radius 3 is 2.32 bits per heavy atom. The zero-order chi connectivity index (χ0) is 19.9. The maximum Gasteiger partial charge on any atom is 0.308 e. The lowest BCUT2D eigenvalue weighted by Crippen LogP contribution is -2.45. The molecule has 8 heteroatoms. The number of aromatic nitrogens is 1. The molecule has 1 aromatic carbocycles. The third-order valence-corrected chi connectivity index (χ3v) is 4.39. The highest BCUT2D eigenvalue weighted by atomic mass is 16.6. The van der Waals surface area contributed by atoms with E-state index in [4.69, 9.17) is 14.2 Å². The minimum atomic E-state index is -0.438. The summed E-state index contributed by atoms with van der Waals surface area (Å²) in [5, 5.41) is 6.60. The zero-order valence-corrected chi connectivity index (χ0v) is 16.3. The number of pyridine rings is 1. The molecule has 1 N–H and O–H groups in total. The molecule has 0 saturated carbocycles. The Morgan fingerprint density at radius 2 is 1.79 bits per heavy atom. The molecule has 1 aliphatic heterocycles. The summed E-state index contributed by atoms with van der Waals surface area (Å²) in [6.07, 6.45) is 3.69. The van der Waals surface area contributed by atoms with Gasteiger partial charge in [0.15, 0.2) is 11.5 Å². The van der Waals surface area contributed by atoms with Crippen LogP contribution in [0.1, 0.15) is 12.5 Å². The van der Waals surface area contributed by atoms with Crippen LogP contribution >= 0.6 is 0 Å². The number of nitrogens with one attached hydrogen (secondary N) is 1. The highest BCUT2D eigenvalue weighted by Crippen LogP contribution is 2.38. The number of hydrogen-bond donors (Lipinski definition) is 0. The number of ether oxygens (including phenoxy) is 3. The molecule has 1 saturated heterocycles.